The number of halogens is 1. The highest BCUT2D eigenvalue weighted by Gasteiger charge is 2.27. The molecule has 1 heterocycles. The Balaban J connectivity index is 3.10. The molecule has 1 rings (SSSR count). The Kier molecular flexibility index (Phi) is 5.59. The summed E-state index contributed by atoms with van der Waals surface area (Å²) in [6, 6.07) is 0. The van der Waals surface area contributed by atoms with Crippen LogP contribution in [0.3, 0.4) is 0 Å². The van der Waals surface area contributed by atoms with E-state index in [-0.39, 0.29) is 16.1 Å². The highest BCUT2D eigenvalue weighted by atomic mass is 35.5. The van der Waals surface area contributed by atoms with E-state index in [0.717, 1.165) is 0 Å². The van der Waals surface area contributed by atoms with Gasteiger partial charge in [0.15, 0.2) is 0 Å². The Morgan fingerprint density at radius 3 is 2.50 bits per heavy atom. The molecule has 3 N–H and O–H groups in total. The maximum Gasteiger partial charge on any atom is 0.287 e. The molecule has 1 unspecified atom stereocenters. The molecule has 0 aliphatic heterocycles. The minimum atomic E-state index is -0.331. The minimum Gasteiger partial charge on any atom is -0.376 e. The van der Waals surface area contributed by atoms with Gasteiger partial charge in [0.1, 0.15) is 5.02 Å². The first-order valence-electron chi connectivity index (χ1n) is 6.95. The van der Waals surface area contributed by atoms with Gasteiger partial charge in [0.05, 0.1) is 11.9 Å². The van der Waals surface area contributed by atoms with Crippen molar-refractivity contribution in [1.29, 1.82) is 0 Å². The molecule has 0 saturated heterocycles. The zero-order chi connectivity index (χ0) is 15.5. The van der Waals surface area contributed by atoms with Crippen molar-refractivity contribution >= 4 is 17.3 Å². The van der Waals surface area contributed by atoms with Crippen molar-refractivity contribution < 1.29 is 0 Å². The summed E-state index contributed by atoms with van der Waals surface area (Å²) in [6.45, 7) is 11.2. The molecule has 114 valence electrons. The number of aromatic nitrogens is 2. The van der Waals surface area contributed by atoms with Gasteiger partial charge >= 0.3 is 0 Å². The molecule has 5 nitrogen and oxygen atoms in total. The van der Waals surface area contributed by atoms with Gasteiger partial charge in [-0.15, -0.1) is 0 Å². The van der Waals surface area contributed by atoms with E-state index in [1.165, 1.54) is 4.68 Å². The van der Waals surface area contributed by atoms with Crippen LogP contribution >= 0.6 is 11.6 Å². The average molecular weight is 301 g/mol. The number of hydrogen-bond donors (Lipinski definition) is 2. The van der Waals surface area contributed by atoms with Crippen molar-refractivity contribution in [3.05, 3.63) is 21.6 Å². The highest BCUT2D eigenvalue weighted by molar-refractivity contribution is 6.32. The third-order valence-corrected chi connectivity index (χ3v) is 4.01. The summed E-state index contributed by atoms with van der Waals surface area (Å²) in [6.07, 6.45) is 1.60. The average Bonchev–Trinajstić information content (AvgIpc) is 2.37. The minimum absolute atomic E-state index is 0.168. The smallest absolute Gasteiger partial charge is 0.287 e. The van der Waals surface area contributed by atoms with Crippen molar-refractivity contribution in [2.45, 2.75) is 46.7 Å². The van der Waals surface area contributed by atoms with Crippen molar-refractivity contribution in [3.63, 3.8) is 0 Å². The maximum absolute atomic E-state index is 12.2. The second-order valence-corrected chi connectivity index (χ2v) is 6.53. The second kappa shape index (κ2) is 6.59. The van der Waals surface area contributed by atoms with Crippen LogP contribution in [-0.2, 0) is 6.54 Å². The van der Waals surface area contributed by atoms with Gasteiger partial charge in [-0.2, -0.15) is 5.10 Å². The van der Waals surface area contributed by atoms with Crippen molar-refractivity contribution in [1.82, 2.24) is 9.78 Å². The monoisotopic (exact) mass is 300 g/mol. The third-order valence-electron chi connectivity index (χ3n) is 3.64. The molecular weight excluding hydrogens is 276 g/mol. The highest BCUT2D eigenvalue weighted by Crippen LogP contribution is 2.25. The molecular formula is C14H25ClN4O. The van der Waals surface area contributed by atoms with E-state index in [9.17, 15) is 4.79 Å². The summed E-state index contributed by atoms with van der Waals surface area (Å²) in [4.78, 5) is 12.2. The first kappa shape index (κ1) is 17.0. The van der Waals surface area contributed by atoms with Crippen LogP contribution in [0.5, 0.6) is 0 Å². The fourth-order valence-electron chi connectivity index (χ4n) is 1.77. The van der Waals surface area contributed by atoms with E-state index >= 15 is 0 Å². The van der Waals surface area contributed by atoms with E-state index in [4.69, 9.17) is 17.3 Å². The summed E-state index contributed by atoms with van der Waals surface area (Å²) in [5, 5.41) is 7.60. The zero-order valence-electron chi connectivity index (χ0n) is 12.9. The van der Waals surface area contributed by atoms with E-state index in [1.54, 1.807) is 6.20 Å². The predicted octanol–water partition coefficient (Wildman–Crippen LogP) is 2.34. The molecule has 0 fully saturated rings. The maximum atomic E-state index is 12.2. The number of nitrogens with zero attached hydrogens (tertiary/aromatic N) is 2. The van der Waals surface area contributed by atoms with Gasteiger partial charge in [0.2, 0.25) is 0 Å². The number of rotatable bonds is 6. The summed E-state index contributed by atoms with van der Waals surface area (Å²) in [7, 11) is 0. The van der Waals surface area contributed by atoms with Crippen LogP contribution in [0.25, 0.3) is 0 Å². The summed E-state index contributed by atoms with van der Waals surface area (Å²) >= 11 is 6.17. The summed E-state index contributed by atoms with van der Waals surface area (Å²) in [5.74, 6) is 0.627. The SMILES string of the molecule is CC(C)Cn1ncc(NC(C)(CN)C(C)C)c(Cl)c1=O. The van der Waals surface area contributed by atoms with E-state index in [1.807, 2.05) is 20.8 Å². The zero-order valence-corrected chi connectivity index (χ0v) is 13.7. The second-order valence-electron chi connectivity index (χ2n) is 6.15. The lowest BCUT2D eigenvalue weighted by molar-refractivity contribution is 0.382. The van der Waals surface area contributed by atoms with Crippen LogP contribution in [0.15, 0.2) is 11.0 Å². The Hall–Kier alpha value is -1.07. The molecule has 20 heavy (non-hydrogen) atoms. The topological polar surface area (TPSA) is 72.9 Å². The van der Waals surface area contributed by atoms with Gasteiger partial charge in [-0.05, 0) is 18.8 Å². The molecule has 1 aromatic heterocycles. The predicted molar refractivity (Wildman–Crippen MR) is 84.3 cm³/mol. The number of nitrogens with two attached hydrogens (primary N) is 1. The standard InChI is InChI=1S/C14H25ClN4O/c1-9(2)7-19-13(20)12(15)11(6-17-19)18-14(5,8-16)10(3)4/h6,9-10,18H,7-8,16H2,1-5H3. The molecule has 6 heteroatoms. The molecule has 0 bridgehead atoms. The molecule has 0 radical (unpaired) electrons. The molecule has 0 aliphatic carbocycles. The van der Waals surface area contributed by atoms with E-state index in [0.29, 0.717) is 30.6 Å². The Bertz CT molecular complexity index is 512. The number of anilines is 1. The van der Waals surface area contributed by atoms with Crippen molar-refractivity contribution in [2.24, 2.45) is 17.6 Å². The summed E-state index contributed by atoms with van der Waals surface area (Å²) < 4.78 is 1.40. The third kappa shape index (κ3) is 3.73. The van der Waals surface area contributed by atoms with E-state index in [2.05, 4.69) is 24.3 Å². The Morgan fingerprint density at radius 1 is 1.45 bits per heavy atom. The van der Waals surface area contributed by atoms with Gasteiger partial charge in [-0.25, -0.2) is 4.68 Å². The van der Waals surface area contributed by atoms with Crippen LogP contribution in [0.4, 0.5) is 5.69 Å². The fourth-order valence-corrected chi connectivity index (χ4v) is 1.96. The molecule has 0 aliphatic rings. The lowest BCUT2D eigenvalue weighted by atomic mass is 9.88. The number of hydrogen-bond acceptors (Lipinski definition) is 4. The quantitative estimate of drug-likeness (QED) is 0.846. The fraction of sp³-hybridized carbons (Fsp3) is 0.714. The van der Waals surface area contributed by atoms with Crippen LogP contribution in [0, 0.1) is 11.8 Å². The van der Waals surface area contributed by atoms with Gasteiger partial charge in [0, 0.05) is 18.6 Å². The molecule has 1 atom stereocenters. The van der Waals surface area contributed by atoms with Crippen molar-refractivity contribution in [3.8, 4) is 0 Å². The van der Waals surface area contributed by atoms with Gasteiger partial charge in [-0.3, -0.25) is 4.79 Å². The lowest BCUT2D eigenvalue weighted by Gasteiger charge is -2.34. The Labute approximate surface area is 125 Å². The Morgan fingerprint density at radius 2 is 2.05 bits per heavy atom. The normalized spacial score (nSPS) is 14.7. The first-order valence-corrected chi connectivity index (χ1v) is 7.33. The first-order chi connectivity index (χ1) is 9.21. The molecule has 0 saturated carbocycles. The summed E-state index contributed by atoms with van der Waals surface area (Å²) in [5.41, 5.74) is 5.77. The van der Waals surface area contributed by atoms with Crippen LogP contribution < -0.4 is 16.6 Å². The van der Waals surface area contributed by atoms with Crippen LogP contribution in [-0.4, -0.2) is 21.9 Å². The largest absolute Gasteiger partial charge is 0.376 e. The molecule has 1 aromatic rings. The van der Waals surface area contributed by atoms with Gasteiger partial charge in [0.25, 0.3) is 5.56 Å². The van der Waals surface area contributed by atoms with Crippen LogP contribution in [0.2, 0.25) is 5.02 Å². The molecule has 0 aromatic carbocycles. The van der Waals surface area contributed by atoms with Gasteiger partial charge < -0.3 is 11.1 Å². The number of nitrogens with one attached hydrogen (secondary N) is 1. The van der Waals surface area contributed by atoms with Crippen LogP contribution in [0.1, 0.15) is 34.6 Å². The lowest BCUT2D eigenvalue weighted by Crippen LogP contribution is -2.47. The van der Waals surface area contributed by atoms with Gasteiger partial charge in [-0.1, -0.05) is 39.3 Å². The van der Waals surface area contributed by atoms with Crippen molar-refractivity contribution in [2.75, 3.05) is 11.9 Å². The molecule has 0 amide bonds. The molecule has 0 spiro atoms. The van der Waals surface area contributed by atoms with E-state index < -0.39 is 0 Å².